The van der Waals surface area contributed by atoms with E-state index in [1.54, 1.807) is 25.4 Å². The number of benzene rings is 1. The number of rotatable bonds is 5. The summed E-state index contributed by atoms with van der Waals surface area (Å²) in [6.07, 6.45) is 4.24. The van der Waals surface area contributed by atoms with Crippen molar-refractivity contribution in [2.75, 3.05) is 0 Å². The molecule has 1 aromatic heterocycles. The van der Waals surface area contributed by atoms with Crippen LogP contribution in [0.1, 0.15) is 23.6 Å². The first-order valence-corrected chi connectivity index (χ1v) is 7.02. The van der Waals surface area contributed by atoms with Gasteiger partial charge < -0.3 is 4.74 Å². The van der Waals surface area contributed by atoms with E-state index in [1.807, 2.05) is 32.0 Å². The molecule has 1 aromatic carbocycles. The van der Waals surface area contributed by atoms with E-state index in [1.165, 1.54) is 6.21 Å². The van der Waals surface area contributed by atoms with Crippen LogP contribution in [0.25, 0.3) is 0 Å². The lowest BCUT2D eigenvalue weighted by Gasteiger charge is -2.14. The van der Waals surface area contributed by atoms with Crippen LogP contribution < -0.4 is 10.2 Å². The van der Waals surface area contributed by atoms with E-state index >= 15 is 0 Å². The third-order valence-corrected chi connectivity index (χ3v) is 2.95. The van der Waals surface area contributed by atoms with Crippen LogP contribution in [0.5, 0.6) is 5.75 Å². The minimum absolute atomic E-state index is 0.306. The second-order valence-corrected chi connectivity index (χ2v) is 5.10. The number of nitrogens with zero attached hydrogens (tertiary/aromatic N) is 2. The molecule has 1 heterocycles. The van der Waals surface area contributed by atoms with E-state index in [-0.39, 0.29) is 5.91 Å². The lowest BCUT2D eigenvalue weighted by Crippen LogP contribution is -2.33. The quantitative estimate of drug-likeness (QED) is 0.681. The number of aromatic nitrogens is 1. The highest BCUT2D eigenvalue weighted by atomic mass is 16.5. The van der Waals surface area contributed by atoms with Crippen molar-refractivity contribution in [3.63, 3.8) is 0 Å². The summed E-state index contributed by atoms with van der Waals surface area (Å²) in [7, 11) is 0. The van der Waals surface area contributed by atoms with E-state index < -0.39 is 6.10 Å². The third-order valence-electron chi connectivity index (χ3n) is 2.95. The summed E-state index contributed by atoms with van der Waals surface area (Å²) in [5, 5.41) is 3.89. The number of carbonyl (C=O) groups is 1. The van der Waals surface area contributed by atoms with Gasteiger partial charge in [0.15, 0.2) is 6.10 Å². The molecule has 0 radical (unpaired) electrons. The van der Waals surface area contributed by atoms with Gasteiger partial charge in [-0.2, -0.15) is 5.10 Å². The smallest absolute Gasteiger partial charge is 0.280 e. The highest BCUT2D eigenvalue weighted by Crippen LogP contribution is 2.17. The third kappa shape index (κ3) is 4.70. The summed E-state index contributed by atoms with van der Waals surface area (Å²) in [5.74, 6) is 0.371. The summed E-state index contributed by atoms with van der Waals surface area (Å²) in [6.45, 7) is 5.66. The van der Waals surface area contributed by atoms with E-state index in [2.05, 4.69) is 21.6 Å². The highest BCUT2D eigenvalue weighted by molar-refractivity contribution is 5.84. The number of carbonyl (C=O) groups excluding carboxylic acids is 1. The van der Waals surface area contributed by atoms with Gasteiger partial charge >= 0.3 is 0 Å². The normalized spacial score (nSPS) is 12.1. The lowest BCUT2D eigenvalue weighted by molar-refractivity contribution is -0.127. The van der Waals surface area contributed by atoms with Crippen LogP contribution in [0.15, 0.2) is 47.8 Å². The molecule has 0 saturated carbocycles. The molecule has 114 valence electrons. The summed E-state index contributed by atoms with van der Waals surface area (Å²) >= 11 is 0. The molecule has 0 bridgehead atoms. The molecule has 2 rings (SSSR count). The van der Waals surface area contributed by atoms with Crippen LogP contribution in [-0.4, -0.2) is 23.2 Å². The Morgan fingerprint density at radius 1 is 1.32 bits per heavy atom. The second-order valence-electron chi connectivity index (χ2n) is 5.10. The number of amides is 1. The predicted octanol–water partition coefficient (Wildman–Crippen LogP) is 2.62. The maximum Gasteiger partial charge on any atom is 0.280 e. The van der Waals surface area contributed by atoms with Crippen LogP contribution >= 0.6 is 0 Å². The zero-order valence-electron chi connectivity index (χ0n) is 12.9. The van der Waals surface area contributed by atoms with E-state index in [0.29, 0.717) is 5.75 Å². The van der Waals surface area contributed by atoms with Crippen LogP contribution in [0, 0.1) is 13.8 Å². The van der Waals surface area contributed by atoms with Gasteiger partial charge in [-0.05, 0) is 50.1 Å². The Labute approximate surface area is 130 Å². The van der Waals surface area contributed by atoms with Crippen LogP contribution in [0.4, 0.5) is 0 Å². The highest BCUT2D eigenvalue weighted by Gasteiger charge is 2.14. The van der Waals surface area contributed by atoms with Crippen LogP contribution in [-0.2, 0) is 4.79 Å². The molecule has 2 aromatic rings. The standard InChI is InChI=1S/C17H19N3O2/c1-12-7-13(2)9-16(8-12)22-14(3)17(21)20-19-11-15-5-4-6-18-10-15/h4-11,14H,1-3H3,(H,20,21). The molecular formula is C17H19N3O2. The maximum atomic E-state index is 11.9. The number of aryl methyl sites for hydroxylation is 2. The zero-order chi connectivity index (χ0) is 15.9. The molecule has 1 unspecified atom stereocenters. The summed E-state index contributed by atoms with van der Waals surface area (Å²) in [4.78, 5) is 15.9. The first-order chi connectivity index (χ1) is 10.5. The minimum atomic E-state index is -0.632. The van der Waals surface area contributed by atoms with Gasteiger partial charge in [0.2, 0.25) is 0 Å². The predicted molar refractivity (Wildman–Crippen MR) is 86.0 cm³/mol. The molecule has 1 atom stereocenters. The van der Waals surface area contributed by atoms with Crippen molar-refractivity contribution in [3.8, 4) is 5.75 Å². The van der Waals surface area contributed by atoms with Gasteiger partial charge in [-0.15, -0.1) is 0 Å². The van der Waals surface area contributed by atoms with E-state index in [4.69, 9.17) is 4.74 Å². The molecule has 0 fully saturated rings. The average molecular weight is 297 g/mol. The van der Waals surface area contributed by atoms with Gasteiger partial charge in [0.05, 0.1) is 6.21 Å². The van der Waals surface area contributed by atoms with Gasteiger partial charge in [0, 0.05) is 18.0 Å². The Balaban J connectivity index is 1.90. The second kappa shape index (κ2) is 7.36. The number of hydrazone groups is 1. The number of hydrogen-bond acceptors (Lipinski definition) is 4. The first kappa shape index (κ1) is 15.7. The van der Waals surface area contributed by atoms with Crippen molar-refractivity contribution in [3.05, 3.63) is 59.4 Å². The topological polar surface area (TPSA) is 63.6 Å². The van der Waals surface area contributed by atoms with E-state index in [9.17, 15) is 4.79 Å². The molecule has 0 spiro atoms. The van der Waals surface area contributed by atoms with Gasteiger partial charge in [0.25, 0.3) is 5.91 Å². The molecule has 0 saturated heterocycles. The molecular weight excluding hydrogens is 278 g/mol. The summed E-state index contributed by atoms with van der Waals surface area (Å²) in [6, 6.07) is 9.49. The minimum Gasteiger partial charge on any atom is -0.481 e. The van der Waals surface area contributed by atoms with Crippen molar-refractivity contribution in [1.82, 2.24) is 10.4 Å². The fourth-order valence-electron chi connectivity index (χ4n) is 1.97. The Bertz CT molecular complexity index is 649. The molecule has 0 aliphatic heterocycles. The average Bonchev–Trinajstić information content (AvgIpc) is 2.47. The zero-order valence-corrected chi connectivity index (χ0v) is 12.9. The monoisotopic (exact) mass is 297 g/mol. The molecule has 5 nitrogen and oxygen atoms in total. The Hall–Kier alpha value is -2.69. The molecule has 0 aliphatic carbocycles. The molecule has 22 heavy (non-hydrogen) atoms. The number of pyridine rings is 1. The summed E-state index contributed by atoms with van der Waals surface area (Å²) < 4.78 is 5.64. The van der Waals surface area contributed by atoms with Gasteiger partial charge in [-0.1, -0.05) is 12.1 Å². The van der Waals surface area contributed by atoms with E-state index in [0.717, 1.165) is 16.7 Å². The van der Waals surface area contributed by atoms with Gasteiger partial charge in [-0.3, -0.25) is 9.78 Å². The SMILES string of the molecule is Cc1cc(C)cc(OC(C)C(=O)NN=Cc2cccnc2)c1. The fourth-order valence-corrected chi connectivity index (χ4v) is 1.97. The Morgan fingerprint density at radius 3 is 2.68 bits per heavy atom. The fraction of sp³-hybridized carbons (Fsp3) is 0.235. The number of ether oxygens (including phenoxy) is 1. The van der Waals surface area contributed by atoms with Crippen LogP contribution in [0.3, 0.4) is 0 Å². The van der Waals surface area contributed by atoms with Gasteiger partial charge in [-0.25, -0.2) is 5.43 Å². The number of nitrogens with one attached hydrogen (secondary N) is 1. The Morgan fingerprint density at radius 2 is 2.05 bits per heavy atom. The summed E-state index contributed by atoms with van der Waals surface area (Å²) in [5.41, 5.74) is 5.46. The Kier molecular flexibility index (Phi) is 5.25. The van der Waals surface area contributed by atoms with Crippen molar-refractivity contribution in [2.45, 2.75) is 26.9 Å². The first-order valence-electron chi connectivity index (χ1n) is 7.02. The molecule has 5 heteroatoms. The van der Waals surface area contributed by atoms with Crippen LogP contribution in [0.2, 0.25) is 0 Å². The van der Waals surface area contributed by atoms with Gasteiger partial charge in [0.1, 0.15) is 5.75 Å². The molecule has 1 amide bonds. The molecule has 0 aliphatic rings. The number of hydrogen-bond donors (Lipinski definition) is 1. The van der Waals surface area contributed by atoms with Crippen molar-refractivity contribution in [1.29, 1.82) is 0 Å². The maximum absolute atomic E-state index is 11.9. The van der Waals surface area contributed by atoms with Crippen molar-refractivity contribution < 1.29 is 9.53 Å². The lowest BCUT2D eigenvalue weighted by atomic mass is 10.1. The van der Waals surface area contributed by atoms with Crippen molar-refractivity contribution >= 4 is 12.1 Å². The molecule has 1 N–H and O–H groups in total. The van der Waals surface area contributed by atoms with Crippen molar-refractivity contribution in [2.24, 2.45) is 5.10 Å². The largest absolute Gasteiger partial charge is 0.481 e.